The summed E-state index contributed by atoms with van der Waals surface area (Å²) in [5.41, 5.74) is 3.92. The van der Waals surface area contributed by atoms with Gasteiger partial charge in [0.25, 0.3) is 5.91 Å². The fourth-order valence-electron chi connectivity index (χ4n) is 2.47. The zero-order chi connectivity index (χ0) is 21.5. The molecule has 0 atom stereocenters. The summed E-state index contributed by atoms with van der Waals surface area (Å²) in [6, 6.07) is 18.9. The van der Waals surface area contributed by atoms with Crippen molar-refractivity contribution in [1.29, 1.82) is 0 Å². The number of amides is 1. The summed E-state index contributed by atoms with van der Waals surface area (Å²) in [7, 11) is 1.55. The van der Waals surface area contributed by atoms with Crippen molar-refractivity contribution in [3.8, 4) is 11.5 Å². The fraction of sp³-hybridized carbons (Fsp3) is 0.0455. The van der Waals surface area contributed by atoms with Gasteiger partial charge in [-0.1, -0.05) is 28.1 Å². The van der Waals surface area contributed by atoms with Crippen molar-refractivity contribution in [2.75, 3.05) is 7.11 Å². The summed E-state index contributed by atoms with van der Waals surface area (Å²) in [6.45, 7) is 0. The lowest BCUT2D eigenvalue weighted by Gasteiger charge is -2.09. The first-order chi connectivity index (χ1) is 14.5. The number of nitrogens with zero attached hydrogens (tertiary/aromatic N) is 1. The Hall–Kier alpha value is -2.72. The second-order valence-electron chi connectivity index (χ2n) is 5.98. The summed E-state index contributed by atoms with van der Waals surface area (Å²) < 4.78 is 12.2. The number of hydrogen-bond acceptors (Lipinski definition) is 5. The maximum absolute atomic E-state index is 12.5. The zero-order valence-corrected chi connectivity index (χ0v) is 19.5. The molecule has 1 amide bonds. The monoisotopic (exact) mass is 578 g/mol. The number of nitrogens with one attached hydrogen (secondary N) is 1. The Labute approximate surface area is 195 Å². The van der Waals surface area contributed by atoms with Crippen LogP contribution in [0.2, 0.25) is 0 Å². The highest BCUT2D eigenvalue weighted by molar-refractivity contribution is 14.1. The van der Waals surface area contributed by atoms with Crippen LogP contribution in [-0.2, 0) is 0 Å². The molecule has 0 saturated heterocycles. The molecule has 1 N–H and O–H groups in total. The fourth-order valence-corrected chi connectivity index (χ4v) is 3.48. The number of benzene rings is 3. The minimum absolute atomic E-state index is 0.311. The van der Waals surface area contributed by atoms with Gasteiger partial charge in [0.2, 0.25) is 0 Å². The Morgan fingerprint density at radius 3 is 2.50 bits per heavy atom. The van der Waals surface area contributed by atoms with Gasteiger partial charge in [0.15, 0.2) is 0 Å². The van der Waals surface area contributed by atoms with E-state index < -0.39 is 5.97 Å². The van der Waals surface area contributed by atoms with Crippen LogP contribution in [0.5, 0.6) is 11.5 Å². The highest BCUT2D eigenvalue weighted by Gasteiger charge is 2.12. The topological polar surface area (TPSA) is 77.0 Å². The van der Waals surface area contributed by atoms with Crippen molar-refractivity contribution in [3.05, 3.63) is 91.5 Å². The molecule has 0 fully saturated rings. The molecule has 0 heterocycles. The molecule has 0 bridgehead atoms. The molecule has 0 aliphatic heterocycles. The Balaban J connectivity index is 1.74. The number of rotatable bonds is 6. The van der Waals surface area contributed by atoms with E-state index >= 15 is 0 Å². The number of halogens is 2. The van der Waals surface area contributed by atoms with Gasteiger partial charge in [-0.15, -0.1) is 0 Å². The zero-order valence-electron chi connectivity index (χ0n) is 15.8. The first-order valence-corrected chi connectivity index (χ1v) is 10.6. The molecular formula is C22H16BrIN2O4. The van der Waals surface area contributed by atoms with Crippen LogP contribution in [0.1, 0.15) is 26.3 Å². The van der Waals surface area contributed by atoms with E-state index in [0.717, 1.165) is 8.04 Å². The molecule has 152 valence electrons. The van der Waals surface area contributed by atoms with E-state index in [0.29, 0.717) is 28.2 Å². The van der Waals surface area contributed by atoms with Crippen molar-refractivity contribution in [1.82, 2.24) is 5.43 Å². The Morgan fingerprint density at radius 2 is 1.80 bits per heavy atom. The number of carbonyl (C=O) groups excluding carboxylic acids is 2. The van der Waals surface area contributed by atoms with Crippen molar-refractivity contribution in [2.24, 2.45) is 5.10 Å². The number of methoxy groups -OCH3 is 1. The van der Waals surface area contributed by atoms with E-state index in [1.807, 2.05) is 12.1 Å². The van der Waals surface area contributed by atoms with Gasteiger partial charge < -0.3 is 9.47 Å². The second-order valence-corrected chi connectivity index (χ2v) is 8.06. The van der Waals surface area contributed by atoms with Crippen LogP contribution in [0.4, 0.5) is 0 Å². The number of ether oxygens (including phenoxy) is 2. The first kappa shape index (κ1) is 22.0. The van der Waals surface area contributed by atoms with Crippen LogP contribution in [-0.4, -0.2) is 25.2 Å². The standard InChI is InChI=1S/C22H16BrIN2O4/c1-29-17-9-6-14(7-10-17)22(28)30-20-11-8-16(23)12-15(20)13-25-26-21(27)18-4-2-3-5-19(18)24/h2-13H,1H3,(H,26,27)/b25-13+. The molecule has 0 aliphatic rings. The van der Waals surface area contributed by atoms with Crippen LogP contribution >= 0.6 is 38.5 Å². The predicted molar refractivity (Wildman–Crippen MR) is 126 cm³/mol. The van der Waals surface area contributed by atoms with Gasteiger partial charge in [-0.05, 0) is 77.2 Å². The summed E-state index contributed by atoms with van der Waals surface area (Å²) in [5, 5.41) is 4.01. The maximum atomic E-state index is 12.5. The molecule has 0 saturated carbocycles. The lowest BCUT2D eigenvalue weighted by atomic mass is 10.2. The quantitative estimate of drug-likeness (QED) is 0.146. The van der Waals surface area contributed by atoms with Crippen molar-refractivity contribution < 1.29 is 19.1 Å². The molecule has 3 aromatic carbocycles. The van der Waals surface area contributed by atoms with Crippen LogP contribution in [0.3, 0.4) is 0 Å². The molecular weight excluding hydrogens is 563 g/mol. The summed E-state index contributed by atoms with van der Waals surface area (Å²) >= 11 is 5.47. The summed E-state index contributed by atoms with van der Waals surface area (Å²) in [6.07, 6.45) is 1.43. The smallest absolute Gasteiger partial charge is 0.343 e. The van der Waals surface area contributed by atoms with Crippen LogP contribution in [0.25, 0.3) is 0 Å². The first-order valence-electron chi connectivity index (χ1n) is 8.71. The molecule has 6 nitrogen and oxygen atoms in total. The van der Waals surface area contributed by atoms with Gasteiger partial charge >= 0.3 is 5.97 Å². The average molecular weight is 579 g/mol. The van der Waals surface area contributed by atoms with Crippen LogP contribution < -0.4 is 14.9 Å². The van der Waals surface area contributed by atoms with Crippen molar-refractivity contribution >= 4 is 56.6 Å². The lowest BCUT2D eigenvalue weighted by molar-refractivity contribution is 0.0734. The Morgan fingerprint density at radius 1 is 1.07 bits per heavy atom. The second kappa shape index (κ2) is 10.4. The van der Waals surface area contributed by atoms with E-state index in [1.165, 1.54) is 6.21 Å². The molecule has 3 aromatic rings. The van der Waals surface area contributed by atoms with Gasteiger partial charge in [-0.25, -0.2) is 10.2 Å². The van der Waals surface area contributed by atoms with Crippen LogP contribution in [0.15, 0.2) is 76.3 Å². The third kappa shape index (κ3) is 5.67. The van der Waals surface area contributed by atoms with E-state index in [4.69, 9.17) is 9.47 Å². The van der Waals surface area contributed by atoms with E-state index in [9.17, 15) is 9.59 Å². The minimum Gasteiger partial charge on any atom is -0.497 e. The van der Waals surface area contributed by atoms with Crippen LogP contribution in [0, 0.1) is 3.57 Å². The molecule has 8 heteroatoms. The Bertz CT molecular complexity index is 1100. The van der Waals surface area contributed by atoms with Gasteiger partial charge in [0.1, 0.15) is 11.5 Å². The molecule has 0 aromatic heterocycles. The highest BCUT2D eigenvalue weighted by Crippen LogP contribution is 2.23. The molecule has 0 radical (unpaired) electrons. The number of hydrazone groups is 1. The summed E-state index contributed by atoms with van der Waals surface area (Å²) in [4.78, 5) is 24.8. The van der Waals surface area contributed by atoms with E-state index in [1.54, 1.807) is 61.7 Å². The lowest BCUT2D eigenvalue weighted by Crippen LogP contribution is -2.18. The maximum Gasteiger partial charge on any atom is 0.343 e. The van der Waals surface area contributed by atoms with E-state index in [-0.39, 0.29) is 5.91 Å². The predicted octanol–water partition coefficient (Wildman–Crippen LogP) is 5.05. The molecule has 0 spiro atoms. The van der Waals surface area contributed by atoms with Gasteiger partial charge in [-0.3, -0.25) is 4.79 Å². The molecule has 3 rings (SSSR count). The van der Waals surface area contributed by atoms with E-state index in [2.05, 4.69) is 49.0 Å². The Kier molecular flexibility index (Phi) is 7.58. The number of carbonyl (C=O) groups is 2. The van der Waals surface area contributed by atoms with Gasteiger partial charge in [0, 0.05) is 13.6 Å². The number of hydrogen-bond donors (Lipinski definition) is 1. The normalized spacial score (nSPS) is 10.6. The van der Waals surface area contributed by atoms with Gasteiger partial charge in [-0.2, -0.15) is 5.10 Å². The summed E-state index contributed by atoms with van der Waals surface area (Å²) in [5.74, 6) is 0.110. The van der Waals surface area contributed by atoms with Crippen molar-refractivity contribution in [2.45, 2.75) is 0 Å². The number of esters is 1. The molecule has 0 aliphatic carbocycles. The largest absolute Gasteiger partial charge is 0.497 e. The van der Waals surface area contributed by atoms with Gasteiger partial charge in [0.05, 0.1) is 24.5 Å². The average Bonchev–Trinajstić information content (AvgIpc) is 2.75. The molecule has 0 unspecified atom stereocenters. The third-order valence-electron chi connectivity index (χ3n) is 3.99. The van der Waals surface area contributed by atoms with Crippen molar-refractivity contribution in [3.63, 3.8) is 0 Å². The minimum atomic E-state index is -0.516. The highest BCUT2D eigenvalue weighted by atomic mass is 127. The third-order valence-corrected chi connectivity index (χ3v) is 5.42. The SMILES string of the molecule is COc1ccc(C(=O)Oc2ccc(Br)cc2/C=N/NC(=O)c2ccccc2I)cc1. The molecule has 30 heavy (non-hydrogen) atoms.